The number of aromatic amines is 1. The third-order valence-corrected chi connectivity index (χ3v) is 4.13. The highest BCUT2D eigenvalue weighted by Crippen LogP contribution is 2.25. The molecule has 0 saturated carbocycles. The van der Waals surface area contributed by atoms with Crippen molar-refractivity contribution in [2.24, 2.45) is 0 Å². The van der Waals surface area contributed by atoms with Crippen LogP contribution in [0.2, 0.25) is 0 Å². The van der Waals surface area contributed by atoms with Gasteiger partial charge in [0.1, 0.15) is 17.6 Å². The molecule has 2 aromatic heterocycles. The van der Waals surface area contributed by atoms with Crippen LogP contribution in [0.5, 0.6) is 0 Å². The van der Waals surface area contributed by atoms with E-state index in [1.165, 1.54) is 6.92 Å². The van der Waals surface area contributed by atoms with Gasteiger partial charge in [-0.3, -0.25) is 14.4 Å². The molecule has 3 rings (SSSR count). The number of nitrogens with zero attached hydrogens (tertiary/aromatic N) is 1. The average molecular weight is 354 g/mol. The maximum Gasteiger partial charge on any atom is 0.341 e. The second-order valence-corrected chi connectivity index (χ2v) is 5.70. The SMILES string of the molecule is Cc1c(C(=O)c2ccccc2)c2[nH]cc(C(=O)O)c(=O)c2n1CC(=O)O. The quantitative estimate of drug-likeness (QED) is 0.597. The summed E-state index contributed by atoms with van der Waals surface area (Å²) in [5.74, 6) is -3.05. The fourth-order valence-electron chi connectivity index (χ4n) is 2.95. The molecule has 0 saturated heterocycles. The molecule has 0 amide bonds. The first-order valence-electron chi connectivity index (χ1n) is 7.62. The molecule has 1 aromatic carbocycles. The molecule has 0 bridgehead atoms. The second kappa shape index (κ2) is 6.32. The number of carbonyl (C=O) groups excluding carboxylic acids is 1. The van der Waals surface area contributed by atoms with Gasteiger partial charge in [-0.1, -0.05) is 30.3 Å². The molecule has 0 spiro atoms. The van der Waals surface area contributed by atoms with E-state index in [1.54, 1.807) is 30.3 Å². The van der Waals surface area contributed by atoms with Crippen LogP contribution in [0.3, 0.4) is 0 Å². The van der Waals surface area contributed by atoms with E-state index < -0.39 is 35.3 Å². The summed E-state index contributed by atoms with van der Waals surface area (Å²) in [4.78, 5) is 50.6. The van der Waals surface area contributed by atoms with Crippen LogP contribution in [0, 0.1) is 6.92 Å². The van der Waals surface area contributed by atoms with Crippen molar-refractivity contribution in [3.8, 4) is 0 Å². The normalized spacial score (nSPS) is 10.8. The number of carboxylic acid groups (broad SMARTS) is 2. The highest BCUT2D eigenvalue weighted by atomic mass is 16.4. The minimum absolute atomic E-state index is 0.118. The number of aliphatic carboxylic acids is 1. The number of pyridine rings is 1. The molecule has 0 atom stereocenters. The maximum absolute atomic E-state index is 12.9. The summed E-state index contributed by atoms with van der Waals surface area (Å²) in [6.45, 7) is 0.948. The Balaban J connectivity index is 2.38. The molecular weight excluding hydrogens is 340 g/mol. The van der Waals surface area contributed by atoms with Crippen molar-refractivity contribution in [3.63, 3.8) is 0 Å². The van der Waals surface area contributed by atoms with Gasteiger partial charge in [0.05, 0.1) is 11.1 Å². The van der Waals surface area contributed by atoms with Gasteiger partial charge in [-0.05, 0) is 6.92 Å². The fourth-order valence-corrected chi connectivity index (χ4v) is 2.95. The predicted molar refractivity (Wildman–Crippen MR) is 91.8 cm³/mol. The number of hydrogen-bond donors (Lipinski definition) is 3. The molecule has 132 valence electrons. The minimum Gasteiger partial charge on any atom is -0.480 e. The zero-order chi connectivity index (χ0) is 19.0. The number of carboxylic acids is 2. The third-order valence-electron chi connectivity index (χ3n) is 4.13. The Kier molecular flexibility index (Phi) is 4.17. The highest BCUT2D eigenvalue weighted by molar-refractivity contribution is 6.17. The molecule has 0 radical (unpaired) electrons. The number of benzene rings is 1. The number of aromatic nitrogens is 2. The molecule has 3 aromatic rings. The van der Waals surface area contributed by atoms with Crippen LogP contribution in [0.1, 0.15) is 32.0 Å². The van der Waals surface area contributed by atoms with Crippen LogP contribution in [0.15, 0.2) is 41.3 Å². The van der Waals surface area contributed by atoms with E-state index >= 15 is 0 Å². The Morgan fingerprint density at radius 1 is 1.12 bits per heavy atom. The standard InChI is InChI=1S/C18H14N2O6/c1-9-13(16(23)10-5-3-2-4-6-10)14-15(20(9)8-12(21)22)17(24)11(7-19-14)18(25)26/h2-7H,8H2,1H3,(H,19,24)(H,21,22)(H,25,26). The number of nitrogens with one attached hydrogen (secondary N) is 1. The Hall–Kier alpha value is -3.68. The zero-order valence-electron chi connectivity index (χ0n) is 13.6. The van der Waals surface area contributed by atoms with E-state index in [9.17, 15) is 19.2 Å². The Labute approximate surface area is 146 Å². The Morgan fingerprint density at radius 3 is 2.35 bits per heavy atom. The van der Waals surface area contributed by atoms with Crippen molar-refractivity contribution < 1.29 is 24.6 Å². The lowest BCUT2D eigenvalue weighted by Gasteiger charge is -2.05. The van der Waals surface area contributed by atoms with E-state index in [0.29, 0.717) is 5.56 Å². The van der Waals surface area contributed by atoms with Crippen molar-refractivity contribution in [3.05, 3.63) is 69.1 Å². The molecule has 0 aliphatic carbocycles. The molecule has 0 fully saturated rings. The smallest absolute Gasteiger partial charge is 0.341 e. The van der Waals surface area contributed by atoms with E-state index in [-0.39, 0.29) is 22.3 Å². The molecule has 8 heteroatoms. The van der Waals surface area contributed by atoms with E-state index in [0.717, 1.165) is 10.8 Å². The van der Waals surface area contributed by atoms with Gasteiger partial charge in [-0.15, -0.1) is 0 Å². The zero-order valence-corrected chi connectivity index (χ0v) is 13.6. The third kappa shape index (κ3) is 2.67. The van der Waals surface area contributed by atoms with Crippen molar-refractivity contribution in [1.82, 2.24) is 9.55 Å². The van der Waals surface area contributed by atoms with Crippen LogP contribution in [0.4, 0.5) is 0 Å². The molecule has 26 heavy (non-hydrogen) atoms. The predicted octanol–water partition coefficient (Wildman–Crippen LogP) is 1.65. The largest absolute Gasteiger partial charge is 0.480 e. The van der Waals surface area contributed by atoms with Crippen LogP contribution in [-0.4, -0.2) is 37.5 Å². The number of hydrogen-bond acceptors (Lipinski definition) is 4. The monoisotopic (exact) mass is 354 g/mol. The second-order valence-electron chi connectivity index (χ2n) is 5.70. The fraction of sp³-hybridized carbons (Fsp3) is 0.111. The summed E-state index contributed by atoms with van der Waals surface area (Å²) in [5, 5.41) is 18.3. The maximum atomic E-state index is 12.9. The van der Waals surface area contributed by atoms with Gasteiger partial charge in [-0.2, -0.15) is 0 Å². The molecule has 0 aliphatic rings. The van der Waals surface area contributed by atoms with Gasteiger partial charge in [-0.25, -0.2) is 4.79 Å². The lowest BCUT2D eigenvalue weighted by Crippen LogP contribution is -2.20. The topological polar surface area (TPSA) is 129 Å². The highest BCUT2D eigenvalue weighted by Gasteiger charge is 2.26. The van der Waals surface area contributed by atoms with Gasteiger partial charge in [0.2, 0.25) is 5.43 Å². The van der Waals surface area contributed by atoms with Crippen molar-refractivity contribution in [1.29, 1.82) is 0 Å². The lowest BCUT2D eigenvalue weighted by atomic mass is 10.0. The summed E-state index contributed by atoms with van der Waals surface area (Å²) >= 11 is 0. The van der Waals surface area contributed by atoms with E-state index in [4.69, 9.17) is 10.2 Å². The van der Waals surface area contributed by atoms with Crippen LogP contribution < -0.4 is 5.43 Å². The van der Waals surface area contributed by atoms with Gasteiger partial charge < -0.3 is 19.8 Å². The van der Waals surface area contributed by atoms with Gasteiger partial charge in [0.25, 0.3) is 0 Å². The average Bonchev–Trinajstić information content (AvgIpc) is 2.87. The van der Waals surface area contributed by atoms with Gasteiger partial charge in [0, 0.05) is 17.5 Å². The number of carbonyl (C=O) groups is 3. The lowest BCUT2D eigenvalue weighted by molar-refractivity contribution is -0.137. The minimum atomic E-state index is -1.44. The van der Waals surface area contributed by atoms with Crippen LogP contribution >= 0.6 is 0 Å². The number of ketones is 1. The van der Waals surface area contributed by atoms with Gasteiger partial charge in [0.15, 0.2) is 5.78 Å². The summed E-state index contributed by atoms with van der Waals surface area (Å²) in [6, 6.07) is 8.32. The van der Waals surface area contributed by atoms with E-state index in [2.05, 4.69) is 4.98 Å². The number of fused-ring (bicyclic) bond motifs is 1. The number of H-pyrrole nitrogens is 1. The van der Waals surface area contributed by atoms with Gasteiger partial charge >= 0.3 is 11.9 Å². The Bertz CT molecular complexity index is 1110. The Morgan fingerprint density at radius 2 is 1.77 bits per heavy atom. The summed E-state index contributed by atoms with van der Waals surface area (Å²) in [5.41, 5.74) is -0.624. The van der Waals surface area contributed by atoms with Crippen LogP contribution in [-0.2, 0) is 11.3 Å². The summed E-state index contributed by atoms with van der Waals surface area (Å²) in [7, 11) is 0. The molecule has 0 aliphatic heterocycles. The summed E-state index contributed by atoms with van der Waals surface area (Å²) in [6.07, 6.45) is 1.01. The number of aromatic carboxylic acids is 1. The van der Waals surface area contributed by atoms with Crippen molar-refractivity contribution in [2.75, 3.05) is 0 Å². The first-order chi connectivity index (χ1) is 12.3. The first-order valence-corrected chi connectivity index (χ1v) is 7.62. The molecule has 3 N–H and O–H groups in total. The molecule has 0 unspecified atom stereocenters. The molecule has 8 nitrogen and oxygen atoms in total. The molecular formula is C18H14N2O6. The summed E-state index contributed by atoms with van der Waals surface area (Å²) < 4.78 is 1.15. The van der Waals surface area contributed by atoms with E-state index in [1.807, 2.05) is 0 Å². The van der Waals surface area contributed by atoms with Crippen molar-refractivity contribution >= 4 is 28.8 Å². The molecule has 2 heterocycles. The van der Waals surface area contributed by atoms with Crippen molar-refractivity contribution in [2.45, 2.75) is 13.5 Å². The number of rotatable bonds is 5. The van der Waals surface area contributed by atoms with Crippen LogP contribution in [0.25, 0.3) is 11.0 Å². The first kappa shape index (κ1) is 17.2.